The van der Waals surface area contributed by atoms with Crippen LogP contribution in [0.3, 0.4) is 0 Å². The van der Waals surface area contributed by atoms with Gasteiger partial charge in [-0.2, -0.15) is 0 Å². The van der Waals surface area contributed by atoms with E-state index in [0.717, 1.165) is 0 Å². The Kier molecular flexibility index (Phi) is 2.46. The maximum atomic E-state index is 12.7. The molecule has 0 unspecified atom stereocenters. The Bertz CT molecular complexity index is 254. The van der Waals surface area contributed by atoms with Gasteiger partial charge in [-0.3, -0.25) is 0 Å². The lowest BCUT2D eigenvalue weighted by Gasteiger charge is -2.01. The van der Waals surface area contributed by atoms with E-state index in [1.807, 2.05) is 0 Å². The summed E-state index contributed by atoms with van der Waals surface area (Å²) in [6.07, 6.45) is 0. The van der Waals surface area contributed by atoms with Crippen LogP contribution in [0, 0.1) is 5.82 Å². The second-order valence-corrected chi connectivity index (χ2v) is 2.97. The number of hydrogen-bond acceptors (Lipinski definition) is 2. The molecule has 0 aromatic heterocycles. The van der Waals surface area contributed by atoms with Crippen LogP contribution in [-0.2, 0) is 6.54 Å². The molecule has 0 saturated carbocycles. The first-order valence-electron chi connectivity index (χ1n) is 3.02. The molecule has 0 heterocycles. The number of phenols is 1. The molecule has 0 aliphatic carbocycles. The Morgan fingerprint density at radius 3 is 2.64 bits per heavy atom. The summed E-state index contributed by atoms with van der Waals surface area (Å²) in [4.78, 5) is 0. The van der Waals surface area contributed by atoms with E-state index in [0.29, 0.717) is 10.0 Å². The topological polar surface area (TPSA) is 46.2 Å². The van der Waals surface area contributed by atoms with Gasteiger partial charge in [0.2, 0.25) is 0 Å². The van der Waals surface area contributed by atoms with Gasteiger partial charge in [-0.15, -0.1) is 0 Å². The third kappa shape index (κ3) is 1.70. The van der Waals surface area contributed by atoms with Crippen LogP contribution >= 0.6 is 15.9 Å². The highest BCUT2D eigenvalue weighted by Gasteiger charge is 2.05. The number of aromatic hydroxyl groups is 1. The number of phenolic OH excluding ortho intramolecular Hbond substituents is 1. The predicted molar refractivity (Wildman–Crippen MR) is 43.7 cm³/mol. The van der Waals surface area contributed by atoms with Crippen LogP contribution < -0.4 is 5.73 Å². The van der Waals surface area contributed by atoms with Crippen LogP contribution in [0.15, 0.2) is 16.6 Å². The van der Waals surface area contributed by atoms with E-state index >= 15 is 0 Å². The van der Waals surface area contributed by atoms with Gasteiger partial charge in [-0.1, -0.05) is 0 Å². The van der Waals surface area contributed by atoms with Crippen molar-refractivity contribution in [2.75, 3.05) is 0 Å². The molecule has 2 nitrogen and oxygen atoms in total. The summed E-state index contributed by atoms with van der Waals surface area (Å²) >= 11 is 2.99. The molecular weight excluding hydrogens is 213 g/mol. The molecule has 1 aromatic carbocycles. The maximum absolute atomic E-state index is 12.7. The lowest BCUT2D eigenvalue weighted by atomic mass is 10.2. The monoisotopic (exact) mass is 219 g/mol. The molecule has 0 fully saturated rings. The van der Waals surface area contributed by atoms with Gasteiger partial charge in [0.25, 0.3) is 0 Å². The van der Waals surface area contributed by atoms with Crippen LogP contribution in [0.25, 0.3) is 0 Å². The SMILES string of the molecule is NCc1cc(F)c(O)c(Br)c1. The fourth-order valence-corrected chi connectivity index (χ4v) is 1.22. The predicted octanol–water partition coefficient (Wildman–Crippen LogP) is 1.75. The highest BCUT2D eigenvalue weighted by Crippen LogP contribution is 2.27. The first-order chi connectivity index (χ1) is 5.15. The van der Waals surface area contributed by atoms with Crippen molar-refractivity contribution in [1.82, 2.24) is 0 Å². The van der Waals surface area contributed by atoms with Crippen LogP contribution in [0.4, 0.5) is 4.39 Å². The number of benzene rings is 1. The summed E-state index contributed by atoms with van der Waals surface area (Å²) in [5, 5.41) is 8.96. The molecule has 0 atom stereocenters. The van der Waals surface area contributed by atoms with Gasteiger partial charge in [0.05, 0.1) is 4.47 Å². The molecule has 0 bridgehead atoms. The summed E-state index contributed by atoms with van der Waals surface area (Å²) in [6.45, 7) is 0.260. The summed E-state index contributed by atoms with van der Waals surface area (Å²) in [7, 11) is 0. The third-order valence-electron chi connectivity index (χ3n) is 1.31. The molecule has 1 rings (SSSR count). The summed E-state index contributed by atoms with van der Waals surface area (Å²) < 4.78 is 13.0. The zero-order chi connectivity index (χ0) is 8.43. The van der Waals surface area contributed by atoms with E-state index in [9.17, 15) is 4.39 Å². The van der Waals surface area contributed by atoms with Gasteiger partial charge in [0, 0.05) is 6.54 Å². The molecule has 1 aromatic rings. The Labute approximate surface area is 72.0 Å². The minimum Gasteiger partial charge on any atom is -0.504 e. The normalized spacial score (nSPS) is 10.1. The lowest BCUT2D eigenvalue weighted by molar-refractivity contribution is 0.428. The fourth-order valence-electron chi connectivity index (χ4n) is 0.736. The molecule has 11 heavy (non-hydrogen) atoms. The Balaban J connectivity index is 3.21. The Hall–Kier alpha value is -0.610. The van der Waals surface area contributed by atoms with E-state index < -0.39 is 5.82 Å². The zero-order valence-corrected chi connectivity index (χ0v) is 7.23. The Morgan fingerprint density at radius 2 is 2.18 bits per heavy atom. The van der Waals surface area contributed by atoms with Crippen molar-refractivity contribution in [1.29, 1.82) is 0 Å². The van der Waals surface area contributed by atoms with Crippen molar-refractivity contribution in [2.45, 2.75) is 6.54 Å². The number of halogens is 2. The molecule has 4 heteroatoms. The molecule has 3 N–H and O–H groups in total. The molecule has 0 aliphatic rings. The number of hydrogen-bond donors (Lipinski definition) is 2. The molecule has 60 valence electrons. The van der Waals surface area contributed by atoms with Gasteiger partial charge in [-0.25, -0.2) is 4.39 Å². The fraction of sp³-hybridized carbons (Fsp3) is 0.143. The van der Waals surface area contributed by atoms with Crippen molar-refractivity contribution in [3.8, 4) is 5.75 Å². The molecule has 0 spiro atoms. The first-order valence-corrected chi connectivity index (χ1v) is 3.81. The average Bonchev–Trinajstić information content (AvgIpc) is 1.99. The van der Waals surface area contributed by atoms with E-state index in [-0.39, 0.29) is 12.3 Å². The van der Waals surface area contributed by atoms with Crippen molar-refractivity contribution >= 4 is 15.9 Å². The quantitative estimate of drug-likeness (QED) is 0.757. The summed E-state index contributed by atoms with van der Waals surface area (Å²) in [5.74, 6) is -1.03. The molecule has 0 radical (unpaired) electrons. The molecular formula is C7H7BrFNO. The Morgan fingerprint density at radius 1 is 1.55 bits per heavy atom. The van der Waals surface area contributed by atoms with Gasteiger partial charge in [-0.05, 0) is 33.6 Å². The van der Waals surface area contributed by atoms with Gasteiger partial charge < -0.3 is 10.8 Å². The zero-order valence-electron chi connectivity index (χ0n) is 5.64. The average molecular weight is 220 g/mol. The number of rotatable bonds is 1. The van der Waals surface area contributed by atoms with Crippen molar-refractivity contribution < 1.29 is 9.50 Å². The van der Waals surface area contributed by atoms with Crippen LogP contribution in [-0.4, -0.2) is 5.11 Å². The molecule has 0 amide bonds. The van der Waals surface area contributed by atoms with Crippen molar-refractivity contribution in [2.24, 2.45) is 5.73 Å². The van der Waals surface area contributed by atoms with Gasteiger partial charge in [0.1, 0.15) is 0 Å². The largest absolute Gasteiger partial charge is 0.504 e. The van der Waals surface area contributed by atoms with Crippen molar-refractivity contribution in [3.63, 3.8) is 0 Å². The number of nitrogens with two attached hydrogens (primary N) is 1. The first kappa shape index (κ1) is 8.49. The molecule has 0 saturated heterocycles. The highest BCUT2D eigenvalue weighted by atomic mass is 79.9. The summed E-state index contributed by atoms with van der Waals surface area (Å²) in [5.41, 5.74) is 5.91. The minimum atomic E-state index is -0.653. The summed E-state index contributed by atoms with van der Waals surface area (Å²) in [6, 6.07) is 2.79. The highest BCUT2D eigenvalue weighted by molar-refractivity contribution is 9.10. The van der Waals surface area contributed by atoms with Crippen LogP contribution in [0.1, 0.15) is 5.56 Å². The van der Waals surface area contributed by atoms with Gasteiger partial charge >= 0.3 is 0 Å². The van der Waals surface area contributed by atoms with E-state index in [1.54, 1.807) is 6.07 Å². The van der Waals surface area contributed by atoms with Crippen LogP contribution in [0.5, 0.6) is 5.75 Å². The van der Waals surface area contributed by atoms with Crippen molar-refractivity contribution in [3.05, 3.63) is 28.0 Å². The standard InChI is InChI=1S/C7H7BrFNO/c8-5-1-4(3-10)2-6(9)7(5)11/h1-2,11H,3,10H2. The third-order valence-corrected chi connectivity index (χ3v) is 1.92. The lowest BCUT2D eigenvalue weighted by Crippen LogP contribution is -1.96. The second-order valence-electron chi connectivity index (χ2n) is 2.11. The molecule has 0 aliphatic heterocycles. The second kappa shape index (κ2) is 3.19. The van der Waals surface area contributed by atoms with E-state index in [4.69, 9.17) is 10.8 Å². The maximum Gasteiger partial charge on any atom is 0.166 e. The van der Waals surface area contributed by atoms with Crippen LogP contribution in [0.2, 0.25) is 0 Å². The smallest absolute Gasteiger partial charge is 0.166 e. The van der Waals surface area contributed by atoms with E-state index in [2.05, 4.69) is 15.9 Å². The van der Waals surface area contributed by atoms with E-state index in [1.165, 1.54) is 6.07 Å². The van der Waals surface area contributed by atoms with Gasteiger partial charge in [0.15, 0.2) is 11.6 Å². The minimum absolute atomic E-state index is 0.260.